The SMILES string of the molecule is COc1ccccc1OCC(=O)NCCc1csc(-c2ccccn2)n1. The Morgan fingerprint density at radius 3 is 2.73 bits per heavy atom. The maximum absolute atomic E-state index is 11.9. The molecule has 0 bridgehead atoms. The first-order valence-corrected chi connectivity index (χ1v) is 9.02. The lowest BCUT2D eigenvalue weighted by Gasteiger charge is -2.10. The Balaban J connectivity index is 1.43. The van der Waals surface area contributed by atoms with Crippen LogP contribution in [0.3, 0.4) is 0 Å². The Bertz CT molecular complexity index is 852. The number of pyridine rings is 1. The number of ether oxygens (including phenoxy) is 2. The molecule has 0 fully saturated rings. The molecule has 0 aliphatic rings. The molecular weight excluding hydrogens is 350 g/mol. The third-order valence-electron chi connectivity index (χ3n) is 3.57. The van der Waals surface area contributed by atoms with Gasteiger partial charge < -0.3 is 14.8 Å². The number of nitrogens with one attached hydrogen (secondary N) is 1. The second kappa shape index (κ2) is 8.96. The molecule has 1 N–H and O–H groups in total. The van der Waals surface area contributed by atoms with Gasteiger partial charge in [-0.3, -0.25) is 9.78 Å². The average Bonchev–Trinajstić information content (AvgIpc) is 3.16. The van der Waals surface area contributed by atoms with E-state index in [9.17, 15) is 4.79 Å². The van der Waals surface area contributed by atoms with Gasteiger partial charge in [0.15, 0.2) is 18.1 Å². The minimum Gasteiger partial charge on any atom is -0.493 e. The zero-order chi connectivity index (χ0) is 18.2. The topological polar surface area (TPSA) is 73.3 Å². The fourth-order valence-electron chi connectivity index (χ4n) is 2.29. The van der Waals surface area contributed by atoms with E-state index in [0.717, 1.165) is 16.4 Å². The maximum Gasteiger partial charge on any atom is 0.257 e. The van der Waals surface area contributed by atoms with Gasteiger partial charge in [-0.15, -0.1) is 11.3 Å². The van der Waals surface area contributed by atoms with E-state index in [0.29, 0.717) is 24.5 Å². The number of carbonyl (C=O) groups is 1. The fraction of sp³-hybridized carbons (Fsp3) is 0.211. The maximum atomic E-state index is 11.9. The number of carbonyl (C=O) groups excluding carboxylic acids is 1. The quantitative estimate of drug-likeness (QED) is 0.661. The zero-order valence-electron chi connectivity index (χ0n) is 14.3. The largest absolute Gasteiger partial charge is 0.493 e. The van der Waals surface area contributed by atoms with Crippen LogP contribution in [0.1, 0.15) is 5.69 Å². The van der Waals surface area contributed by atoms with E-state index in [1.165, 1.54) is 0 Å². The van der Waals surface area contributed by atoms with Crippen LogP contribution in [0.25, 0.3) is 10.7 Å². The van der Waals surface area contributed by atoms with Crippen LogP contribution in [0.4, 0.5) is 0 Å². The van der Waals surface area contributed by atoms with Gasteiger partial charge in [0, 0.05) is 24.5 Å². The van der Waals surface area contributed by atoms with Gasteiger partial charge in [0.1, 0.15) is 5.01 Å². The van der Waals surface area contributed by atoms with Crippen molar-refractivity contribution in [3.05, 3.63) is 59.7 Å². The molecule has 6 nitrogen and oxygen atoms in total. The van der Waals surface area contributed by atoms with Crippen molar-refractivity contribution in [1.82, 2.24) is 15.3 Å². The second-order valence-electron chi connectivity index (χ2n) is 5.40. The summed E-state index contributed by atoms with van der Waals surface area (Å²) in [5.41, 5.74) is 1.79. The van der Waals surface area contributed by atoms with E-state index in [-0.39, 0.29) is 12.5 Å². The van der Waals surface area contributed by atoms with Gasteiger partial charge in [-0.2, -0.15) is 0 Å². The van der Waals surface area contributed by atoms with Gasteiger partial charge in [0.05, 0.1) is 18.5 Å². The number of para-hydroxylation sites is 2. The van der Waals surface area contributed by atoms with Crippen molar-refractivity contribution in [1.29, 1.82) is 0 Å². The number of amides is 1. The third-order valence-corrected chi connectivity index (χ3v) is 4.48. The van der Waals surface area contributed by atoms with E-state index in [2.05, 4.69) is 15.3 Å². The number of benzene rings is 1. The number of hydrogen-bond acceptors (Lipinski definition) is 6. The van der Waals surface area contributed by atoms with E-state index in [4.69, 9.17) is 9.47 Å². The van der Waals surface area contributed by atoms with Crippen molar-refractivity contribution < 1.29 is 14.3 Å². The Morgan fingerprint density at radius 2 is 1.96 bits per heavy atom. The van der Waals surface area contributed by atoms with Crippen molar-refractivity contribution in [2.45, 2.75) is 6.42 Å². The predicted molar refractivity (Wildman–Crippen MR) is 101 cm³/mol. The van der Waals surface area contributed by atoms with E-state index in [1.54, 1.807) is 36.8 Å². The molecule has 0 aliphatic carbocycles. The number of hydrogen-bond donors (Lipinski definition) is 1. The van der Waals surface area contributed by atoms with E-state index < -0.39 is 0 Å². The van der Waals surface area contributed by atoms with Crippen LogP contribution in [0, 0.1) is 0 Å². The third kappa shape index (κ3) is 4.80. The Hall–Kier alpha value is -2.93. The van der Waals surface area contributed by atoms with Crippen molar-refractivity contribution in [3.63, 3.8) is 0 Å². The summed E-state index contributed by atoms with van der Waals surface area (Å²) < 4.78 is 10.7. The average molecular weight is 369 g/mol. The van der Waals surface area contributed by atoms with Crippen molar-refractivity contribution in [3.8, 4) is 22.2 Å². The molecule has 2 heterocycles. The molecule has 2 aromatic heterocycles. The van der Waals surface area contributed by atoms with E-state index >= 15 is 0 Å². The molecule has 0 saturated heterocycles. The second-order valence-corrected chi connectivity index (χ2v) is 6.26. The molecule has 3 rings (SSSR count). The fourth-order valence-corrected chi connectivity index (χ4v) is 3.12. The van der Waals surface area contributed by atoms with Crippen LogP contribution in [0.15, 0.2) is 54.0 Å². The van der Waals surface area contributed by atoms with Gasteiger partial charge >= 0.3 is 0 Å². The van der Waals surface area contributed by atoms with Crippen LogP contribution >= 0.6 is 11.3 Å². The Morgan fingerprint density at radius 1 is 1.15 bits per heavy atom. The molecule has 0 radical (unpaired) electrons. The lowest BCUT2D eigenvalue weighted by molar-refractivity contribution is -0.123. The number of nitrogens with zero attached hydrogens (tertiary/aromatic N) is 2. The number of methoxy groups -OCH3 is 1. The zero-order valence-corrected chi connectivity index (χ0v) is 15.2. The first-order valence-electron chi connectivity index (χ1n) is 8.14. The number of thiazole rings is 1. The lowest BCUT2D eigenvalue weighted by Crippen LogP contribution is -2.30. The predicted octanol–water partition coefficient (Wildman–Crippen LogP) is 2.95. The highest BCUT2D eigenvalue weighted by molar-refractivity contribution is 7.13. The minimum absolute atomic E-state index is 0.0589. The molecule has 134 valence electrons. The monoisotopic (exact) mass is 369 g/mol. The van der Waals surface area contributed by atoms with E-state index in [1.807, 2.05) is 35.7 Å². The summed E-state index contributed by atoms with van der Waals surface area (Å²) in [4.78, 5) is 20.8. The van der Waals surface area contributed by atoms with Crippen LogP contribution in [0.5, 0.6) is 11.5 Å². The highest BCUT2D eigenvalue weighted by atomic mass is 32.1. The molecule has 1 amide bonds. The summed E-state index contributed by atoms with van der Waals surface area (Å²) in [5, 5.41) is 5.70. The van der Waals surface area contributed by atoms with Gasteiger partial charge in [-0.25, -0.2) is 4.98 Å². The van der Waals surface area contributed by atoms with Crippen LogP contribution < -0.4 is 14.8 Å². The minimum atomic E-state index is -0.184. The summed E-state index contributed by atoms with van der Waals surface area (Å²) >= 11 is 1.55. The number of aromatic nitrogens is 2. The Kier molecular flexibility index (Phi) is 6.16. The summed E-state index contributed by atoms with van der Waals surface area (Å²) in [5.74, 6) is 0.963. The molecule has 1 aromatic carbocycles. The van der Waals surface area contributed by atoms with Gasteiger partial charge in [0.25, 0.3) is 5.91 Å². The van der Waals surface area contributed by atoms with Crippen LogP contribution in [-0.4, -0.2) is 36.1 Å². The van der Waals surface area contributed by atoms with Crippen LogP contribution in [-0.2, 0) is 11.2 Å². The standard InChI is InChI=1S/C19H19N3O3S/c1-24-16-7-2-3-8-17(16)25-12-18(23)21-11-9-14-13-26-19(22-14)15-6-4-5-10-20-15/h2-8,10,13H,9,11-12H2,1H3,(H,21,23). The normalized spacial score (nSPS) is 10.3. The van der Waals surface area contributed by atoms with Crippen molar-refractivity contribution in [2.75, 3.05) is 20.3 Å². The van der Waals surface area contributed by atoms with Crippen LogP contribution in [0.2, 0.25) is 0 Å². The molecule has 26 heavy (non-hydrogen) atoms. The lowest BCUT2D eigenvalue weighted by atomic mass is 10.3. The molecule has 0 atom stereocenters. The molecule has 0 saturated carbocycles. The first-order chi connectivity index (χ1) is 12.8. The molecular formula is C19H19N3O3S. The van der Waals surface area contributed by atoms with Gasteiger partial charge in [0.2, 0.25) is 0 Å². The smallest absolute Gasteiger partial charge is 0.257 e. The Labute approximate surface area is 155 Å². The molecule has 0 aliphatic heterocycles. The highest BCUT2D eigenvalue weighted by Crippen LogP contribution is 2.25. The molecule has 3 aromatic rings. The summed E-state index contributed by atoms with van der Waals surface area (Å²) in [7, 11) is 1.56. The summed E-state index contributed by atoms with van der Waals surface area (Å²) in [6.07, 6.45) is 2.40. The van der Waals surface area contributed by atoms with Crippen molar-refractivity contribution >= 4 is 17.2 Å². The molecule has 0 unspecified atom stereocenters. The molecule has 7 heteroatoms. The first kappa shape index (κ1) is 17.9. The number of rotatable bonds is 8. The summed E-state index contributed by atoms with van der Waals surface area (Å²) in [6, 6.07) is 13.0. The summed E-state index contributed by atoms with van der Waals surface area (Å²) in [6.45, 7) is 0.441. The van der Waals surface area contributed by atoms with Gasteiger partial charge in [-0.05, 0) is 24.3 Å². The molecule has 0 spiro atoms. The van der Waals surface area contributed by atoms with Crippen molar-refractivity contribution in [2.24, 2.45) is 0 Å². The highest BCUT2D eigenvalue weighted by Gasteiger charge is 2.08. The van der Waals surface area contributed by atoms with Gasteiger partial charge in [-0.1, -0.05) is 18.2 Å².